The van der Waals surface area contributed by atoms with Crippen molar-refractivity contribution in [3.05, 3.63) is 0 Å². The molecule has 0 amide bonds. The molecule has 0 aromatic heterocycles. The first-order valence-corrected chi connectivity index (χ1v) is 49.6. The monoisotopic (exact) mass is 1590 g/mol. The van der Waals surface area contributed by atoms with Crippen LogP contribution in [0.2, 0.25) is 0 Å². The van der Waals surface area contributed by atoms with Gasteiger partial charge < -0.3 is 33.8 Å². The molecule has 0 heterocycles. The zero-order valence-corrected chi connectivity index (χ0v) is 73.5. The van der Waals surface area contributed by atoms with E-state index in [1.165, 1.54) is 315 Å². The Morgan fingerprint density at radius 3 is 0.624 bits per heavy atom. The molecule has 5 atom stereocenters. The van der Waals surface area contributed by atoms with Gasteiger partial charge in [0.15, 0.2) is 12.2 Å². The second-order valence-corrected chi connectivity index (χ2v) is 35.7. The summed E-state index contributed by atoms with van der Waals surface area (Å²) in [5.41, 5.74) is 0. The van der Waals surface area contributed by atoms with E-state index in [0.29, 0.717) is 25.7 Å². The number of hydrogen-bond acceptors (Lipinski definition) is 15. The molecule has 0 bridgehead atoms. The summed E-state index contributed by atoms with van der Waals surface area (Å²) in [6.45, 7) is 7.38. The molecule has 3 N–H and O–H groups in total. The zero-order chi connectivity index (χ0) is 79.7. The average molecular weight is 1590 g/mol. The highest BCUT2D eigenvalue weighted by molar-refractivity contribution is 7.47. The highest BCUT2D eigenvalue weighted by Crippen LogP contribution is 2.45. The lowest BCUT2D eigenvalue weighted by Crippen LogP contribution is -2.30. The van der Waals surface area contributed by atoms with Crippen LogP contribution in [0.25, 0.3) is 0 Å². The van der Waals surface area contributed by atoms with Crippen LogP contribution in [0.5, 0.6) is 0 Å². The van der Waals surface area contributed by atoms with Crippen molar-refractivity contribution in [3.8, 4) is 0 Å². The number of rotatable bonds is 90. The van der Waals surface area contributed by atoms with Crippen LogP contribution in [0.3, 0.4) is 0 Å². The summed E-state index contributed by atoms with van der Waals surface area (Å²) in [5.74, 6) is -1.29. The van der Waals surface area contributed by atoms with E-state index in [1.807, 2.05) is 0 Å². The Kier molecular flexibility index (Phi) is 81.1. The summed E-state index contributed by atoms with van der Waals surface area (Å²) in [7, 11) is -9.93. The van der Waals surface area contributed by atoms with Crippen LogP contribution in [0.1, 0.15) is 490 Å². The number of phosphoric acid groups is 2. The topological polar surface area (TPSA) is 237 Å². The van der Waals surface area contributed by atoms with Gasteiger partial charge in [-0.05, 0) is 31.6 Å². The van der Waals surface area contributed by atoms with Crippen molar-refractivity contribution in [2.24, 2.45) is 5.92 Å². The number of carbonyl (C=O) groups is 4. The van der Waals surface area contributed by atoms with Crippen molar-refractivity contribution in [1.29, 1.82) is 0 Å². The van der Waals surface area contributed by atoms with Gasteiger partial charge in [-0.15, -0.1) is 0 Å². The van der Waals surface area contributed by atoms with Gasteiger partial charge in [-0.3, -0.25) is 37.3 Å². The molecule has 0 rings (SSSR count). The van der Waals surface area contributed by atoms with E-state index < -0.39 is 97.5 Å². The third kappa shape index (κ3) is 83.8. The molecule has 17 nitrogen and oxygen atoms in total. The van der Waals surface area contributed by atoms with Crippen LogP contribution in [0, 0.1) is 5.92 Å². The molecular formula is C90H176O17P2. The number of esters is 4. The van der Waals surface area contributed by atoms with E-state index in [1.54, 1.807) is 0 Å². The van der Waals surface area contributed by atoms with E-state index in [0.717, 1.165) is 95.8 Å². The Morgan fingerprint density at radius 1 is 0.248 bits per heavy atom. The quantitative estimate of drug-likeness (QED) is 0.0222. The molecule has 0 saturated heterocycles. The summed E-state index contributed by atoms with van der Waals surface area (Å²) < 4.78 is 68.9. The van der Waals surface area contributed by atoms with Crippen molar-refractivity contribution in [1.82, 2.24) is 0 Å². The van der Waals surface area contributed by atoms with Crippen molar-refractivity contribution in [2.75, 3.05) is 39.6 Å². The van der Waals surface area contributed by atoms with E-state index in [9.17, 15) is 43.2 Å². The molecule has 0 radical (unpaired) electrons. The van der Waals surface area contributed by atoms with Crippen LogP contribution in [-0.2, 0) is 65.4 Å². The Hall–Kier alpha value is -1.94. The SMILES string of the molecule is CCCCCCCCCCCCCCCCCCCCCCCCC(=O)O[C@H](COC(=O)CCCCCCCCCCCCCCCCCCCCCC)COP(=O)(O)OC[C@@H](O)COP(=O)(O)OC[C@@H](COC(=O)CCCCCCCCCC)OC(=O)CCCCCCCCCCCCCCCCCCC(C)C. The highest BCUT2D eigenvalue weighted by atomic mass is 31.2. The van der Waals surface area contributed by atoms with E-state index in [2.05, 4.69) is 34.6 Å². The normalized spacial score (nSPS) is 13.7. The van der Waals surface area contributed by atoms with Crippen molar-refractivity contribution in [3.63, 3.8) is 0 Å². The van der Waals surface area contributed by atoms with Gasteiger partial charge >= 0.3 is 39.5 Å². The van der Waals surface area contributed by atoms with Crippen molar-refractivity contribution in [2.45, 2.75) is 509 Å². The molecule has 0 aromatic rings. The molecular weight excluding hydrogens is 1410 g/mol. The molecule has 0 fully saturated rings. The molecule has 0 aromatic carbocycles. The van der Waals surface area contributed by atoms with Crippen molar-refractivity contribution < 1.29 is 80.2 Å². The number of phosphoric ester groups is 2. The predicted octanol–water partition coefficient (Wildman–Crippen LogP) is 27.9. The smallest absolute Gasteiger partial charge is 0.462 e. The van der Waals surface area contributed by atoms with E-state index >= 15 is 0 Å². The summed E-state index contributed by atoms with van der Waals surface area (Å²) in [6, 6.07) is 0. The number of hydrogen-bond donors (Lipinski definition) is 3. The fourth-order valence-corrected chi connectivity index (χ4v) is 15.8. The minimum atomic E-state index is -4.97. The van der Waals surface area contributed by atoms with Gasteiger partial charge in [-0.2, -0.15) is 0 Å². The van der Waals surface area contributed by atoms with Crippen LogP contribution in [-0.4, -0.2) is 96.7 Å². The maximum absolute atomic E-state index is 13.2. The maximum Gasteiger partial charge on any atom is 0.472 e. The minimum absolute atomic E-state index is 0.108. The summed E-state index contributed by atoms with van der Waals surface area (Å²) in [4.78, 5) is 73.2. The van der Waals surface area contributed by atoms with Gasteiger partial charge in [-0.1, -0.05) is 439 Å². The Labute approximate surface area is 670 Å². The summed E-state index contributed by atoms with van der Waals surface area (Å²) in [6.07, 6.45) is 78.1. The molecule has 0 saturated carbocycles. The average Bonchev–Trinajstić information content (AvgIpc) is 0.903. The lowest BCUT2D eigenvalue weighted by atomic mass is 10.0. The summed E-state index contributed by atoms with van der Waals surface area (Å²) in [5, 5.41) is 10.7. The largest absolute Gasteiger partial charge is 0.472 e. The van der Waals surface area contributed by atoms with Crippen LogP contribution >= 0.6 is 15.6 Å². The van der Waals surface area contributed by atoms with Gasteiger partial charge in [0.25, 0.3) is 0 Å². The number of aliphatic hydroxyl groups excluding tert-OH is 1. The van der Waals surface area contributed by atoms with E-state index in [4.69, 9.17) is 37.0 Å². The number of carbonyl (C=O) groups excluding carboxylic acids is 4. The van der Waals surface area contributed by atoms with Gasteiger partial charge in [0.1, 0.15) is 19.3 Å². The third-order valence-electron chi connectivity index (χ3n) is 21.3. The predicted molar refractivity (Wildman–Crippen MR) is 451 cm³/mol. The first-order chi connectivity index (χ1) is 53.0. The fraction of sp³-hybridized carbons (Fsp3) is 0.956. The molecule has 648 valence electrons. The van der Waals surface area contributed by atoms with Crippen LogP contribution in [0.4, 0.5) is 0 Å². The second-order valence-electron chi connectivity index (χ2n) is 32.8. The number of ether oxygens (including phenoxy) is 4. The molecule has 19 heteroatoms. The molecule has 0 aliphatic rings. The Morgan fingerprint density at radius 2 is 0.422 bits per heavy atom. The lowest BCUT2D eigenvalue weighted by Gasteiger charge is -2.21. The third-order valence-corrected chi connectivity index (χ3v) is 23.2. The Balaban J connectivity index is 5.17. The van der Waals surface area contributed by atoms with Crippen molar-refractivity contribution >= 4 is 39.5 Å². The fourth-order valence-electron chi connectivity index (χ4n) is 14.2. The van der Waals surface area contributed by atoms with Gasteiger partial charge in [0.2, 0.25) is 0 Å². The molecule has 0 aliphatic heterocycles. The van der Waals surface area contributed by atoms with Gasteiger partial charge in [-0.25, -0.2) is 9.13 Å². The van der Waals surface area contributed by atoms with Crippen LogP contribution in [0.15, 0.2) is 0 Å². The lowest BCUT2D eigenvalue weighted by molar-refractivity contribution is -0.161. The Bertz CT molecular complexity index is 2070. The van der Waals surface area contributed by atoms with E-state index in [-0.39, 0.29) is 25.7 Å². The molecule has 109 heavy (non-hydrogen) atoms. The molecule has 0 spiro atoms. The maximum atomic E-state index is 13.2. The minimum Gasteiger partial charge on any atom is -0.462 e. The standard InChI is InChI=1S/C90H176O17P2/c1-6-9-12-15-18-21-23-25-27-29-31-33-34-36-38-43-47-51-55-60-65-70-76-90(95)107-86(80-101-88(93)74-69-64-59-54-50-46-42-37-35-32-30-28-26-24-22-19-16-13-10-7-2)82-105-109(98,99)103-78-84(91)77-102-108(96,97)104-81-85(79-100-87(92)73-68-63-58-20-17-14-11-8-3)106-89(94)75-71-66-61-56-52-48-44-40-39-41-45-49-53-57-62-67-72-83(4)5/h83-86,91H,6-82H2,1-5H3,(H,96,97)(H,98,99)/t84-,85+,86+/m0/s1. The number of aliphatic hydroxyl groups is 1. The number of unbranched alkanes of at least 4 members (excludes halogenated alkanes) is 62. The second kappa shape index (κ2) is 82.6. The molecule has 2 unspecified atom stereocenters. The van der Waals surface area contributed by atoms with Gasteiger partial charge in [0, 0.05) is 25.7 Å². The molecule has 0 aliphatic carbocycles. The summed E-state index contributed by atoms with van der Waals surface area (Å²) >= 11 is 0. The highest BCUT2D eigenvalue weighted by Gasteiger charge is 2.31. The first kappa shape index (κ1) is 107. The zero-order valence-electron chi connectivity index (χ0n) is 71.7. The van der Waals surface area contributed by atoms with Crippen LogP contribution < -0.4 is 0 Å². The first-order valence-electron chi connectivity index (χ1n) is 46.6. The van der Waals surface area contributed by atoms with Gasteiger partial charge in [0.05, 0.1) is 26.4 Å².